The van der Waals surface area contributed by atoms with E-state index in [4.69, 9.17) is 22.3 Å². The maximum absolute atomic E-state index is 12.5. The molecule has 0 saturated heterocycles. The van der Waals surface area contributed by atoms with Gasteiger partial charge in [0.15, 0.2) is 0 Å². The molecule has 2 unspecified atom stereocenters. The Balaban J connectivity index is 1.74. The van der Waals surface area contributed by atoms with Gasteiger partial charge in [0.2, 0.25) is 0 Å². The molecule has 0 fully saturated rings. The number of nitrogens with one attached hydrogen (secondary N) is 2. The first-order chi connectivity index (χ1) is 15.2. The average molecular weight is 455 g/mol. The van der Waals surface area contributed by atoms with Gasteiger partial charge in [-0.05, 0) is 50.7 Å². The molecule has 0 spiro atoms. The molecule has 6 N–H and O–H groups in total. The van der Waals surface area contributed by atoms with E-state index in [9.17, 15) is 4.21 Å². The van der Waals surface area contributed by atoms with E-state index in [0.29, 0.717) is 11.5 Å². The van der Waals surface area contributed by atoms with Crippen molar-refractivity contribution < 1.29 is 4.21 Å². The standard InChI is InChI=1S/C26H38N4OS/c1-25(23(27)28,21-13-5-3-6-14-21)17-9-11-19-32(31)20-12-10-18-26(2,24(29)30)22-15-7-4-8-16-22/h3-8,13-16H,9-12,17-20H2,1-2H3,(H3,27,28)(H3,29,30). The van der Waals surface area contributed by atoms with Crippen LogP contribution in [-0.4, -0.2) is 27.4 Å². The van der Waals surface area contributed by atoms with E-state index in [-0.39, 0.29) is 11.7 Å². The molecule has 2 aromatic rings. The van der Waals surface area contributed by atoms with Crippen LogP contribution in [0.5, 0.6) is 0 Å². The topological polar surface area (TPSA) is 117 Å². The van der Waals surface area contributed by atoms with Crippen LogP contribution in [0.2, 0.25) is 0 Å². The van der Waals surface area contributed by atoms with Gasteiger partial charge in [0.1, 0.15) is 11.7 Å². The first kappa shape index (κ1) is 25.8. The van der Waals surface area contributed by atoms with E-state index >= 15 is 0 Å². The van der Waals surface area contributed by atoms with Crippen molar-refractivity contribution in [2.24, 2.45) is 11.5 Å². The van der Waals surface area contributed by atoms with Crippen LogP contribution in [0.3, 0.4) is 0 Å². The Morgan fingerprint density at radius 1 is 0.719 bits per heavy atom. The lowest BCUT2D eigenvalue weighted by Gasteiger charge is -2.29. The summed E-state index contributed by atoms with van der Waals surface area (Å²) in [5.74, 6) is 1.70. The lowest BCUT2D eigenvalue weighted by atomic mass is 9.77. The fourth-order valence-electron chi connectivity index (χ4n) is 4.07. The smallest absolute Gasteiger partial charge is 0.101 e. The van der Waals surface area contributed by atoms with Crippen LogP contribution in [0.25, 0.3) is 0 Å². The number of unbranched alkanes of at least 4 members (excludes halogenated alkanes) is 2. The third kappa shape index (κ3) is 6.76. The second-order valence-electron chi connectivity index (χ2n) is 8.99. The molecule has 2 aromatic carbocycles. The first-order valence-electron chi connectivity index (χ1n) is 11.3. The summed E-state index contributed by atoms with van der Waals surface area (Å²) in [6, 6.07) is 19.9. The summed E-state index contributed by atoms with van der Waals surface area (Å²) in [6.45, 7) is 4.03. The van der Waals surface area contributed by atoms with Crippen molar-refractivity contribution in [1.82, 2.24) is 0 Å². The van der Waals surface area contributed by atoms with Gasteiger partial charge in [-0.2, -0.15) is 0 Å². The normalized spacial score (nSPS) is 15.9. The third-order valence-corrected chi connectivity index (χ3v) is 8.10. The summed E-state index contributed by atoms with van der Waals surface area (Å²) in [5, 5.41) is 16.1. The maximum atomic E-state index is 12.5. The second kappa shape index (κ2) is 12.0. The van der Waals surface area contributed by atoms with Crippen molar-refractivity contribution in [3.8, 4) is 0 Å². The highest BCUT2D eigenvalue weighted by Gasteiger charge is 2.30. The van der Waals surface area contributed by atoms with Crippen molar-refractivity contribution in [2.45, 2.75) is 63.2 Å². The number of rotatable bonds is 14. The Morgan fingerprint density at radius 3 is 1.38 bits per heavy atom. The van der Waals surface area contributed by atoms with Crippen molar-refractivity contribution in [1.29, 1.82) is 10.8 Å². The van der Waals surface area contributed by atoms with Gasteiger partial charge in [-0.3, -0.25) is 15.0 Å². The van der Waals surface area contributed by atoms with E-state index in [1.165, 1.54) is 0 Å². The number of hydrogen-bond acceptors (Lipinski definition) is 3. The molecule has 0 radical (unpaired) electrons. The molecule has 0 aromatic heterocycles. The molecule has 0 heterocycles. The van der Waals surface area contributed by atoms with Gasteiger partial charge in [0, 0.05) is 33.1 Å². The van der Waals surface area contributed by atoms with Crippen LogP contribution in [0.4, 0.5) is 0 Å². The molecule has 0 amide bonds. The molecule has 0 saturated carbocycles. The second-order valence-corrected chi connectivity index (χ2v) is 10.7. The number of hydrogen-bond donors (Lipinski definition) is 4. The van der Waals surface area contributed by atoms with Gasteiger partial charge < -0.3 is 11.5 Å². The SMILES string of the molecule is CC(CCCCS(=O)CCCCC(C)(C(=N)N)c1ccccc1)(C(=N)N)c1ccccc1. The Bertz CT molecular complexity index is 829. The van der Waals surface area contributed by atoms with Gasteiger partial charge in [0.25, 0.3) is 0 Å². The number of amidine groups is 2. The summed E-state index contributed by atoms with van der Waals surface area (Å²) in [5.41, 5.74) is 13.0. The quantitative estimate of drug-likeness (QED) is 0.185. The molecule has 0 aliphatic carbocycles. The van der Waals surface area contributed by atoms with Crippen molar-refractivity contribution >= 4 is 22.5 Å². The lowest BCUT2D eigenvalue weighted by Crippen LogP contribution is -2.38. The van der Waals surface area contributed by atoms with Gasteiger partial charge in [0.05, 0.1) is 0 Å². The highest BCUT2D eigenvalue weighted by Crippen LogP contribution is 2.30. The molecule has 174 valence electrons. The highest BCUT2D eigenvalue weighted by molar-refractivity contribution is 7.84. The van der Waals surface area contributed by atoms with Crippen LogP contribution >= 0.6 is 0 Å². The van der Waals surface area contributed by atoms with Crippen LogP contribution in [0.1, 0.15) is 63.5 Å². The minimum Gasteiger partial charge on any atom is -0.387 e. The molecule has 32 heavy (non-hydrogen) atoms. The summed E-state index contributed by atoms with van der Waals surface area (Å²) >= 11 is 0. The minimum atomic E-state index is -0.857. The average Bonchev–Trinajstić information content (AvgIpc) is 2.80. The lowest BCUT2D eigenvalue weighted by molar-refractivity contribution is 0.531. The van der Waals surface area contributed by atoms with Gasteiger partial charge >= 0.3 is 0 Å². The third-order valence-electron chi connectivity index (χ3n) is 6.61. The Hall–Kier alpha value is -2.47. The zero-order chi connectivity index (χ0) is 23.6. The van der Waals surface area contributed by atoms with E-state index in [1.807, 2.05) is 74.5 Å². The van der Waals surface area contributed by atoms with Gasteiger partial charge in [-0.25, -0.2) is 0 Å². The fraction of sp³-hybridized carbons (Fsp3) is 0.462. The summed E-state index contributed by atoms with van der Waals surface area (Å²) in [6.07, 6.45) is 5.03. The molecule has 0 aliphatic rings. The Labute approximate surface area is 195 Å². The number of benzene rings is 2. The Kier molecular flexibility index (Phi) is 9.63. The van der Waals surface area contributed by atoms with Crippen molar-refractivity contribution in [2.75, 3.05) is 11.5 Å². The molecule has 0 bridgehead atoms. The van der Waals surface area contributed by atoms with Crippen molar-refractivity contribution in [3.63, 3.8) is 0 Å². The van der Waals surface area contributed by atoms with E-state index in [2.05, 4.69) is 0 Å². The summed E-state index contributed by atoms with van der Waals surface area (Å²) < 4.78 is 12.5. The van der Waals surface area contributed by atoms with Crippen molar-refractivity contribution in [3.05, 3.63) is 71.8 Å². The van der Waals surface area contributed by atoms with E-state index in [1.54, 1.807) is 0 Å². The molecule has 0 aliphatic heterocycles. The van der Waals surface area contributed by atoms with Crippen LogP contribution in [0, 0.1) is 10.8 Å². The zero-order valence-corrected chi connectivity index (χ0v) is 20.2. The molecule has 6 heteroatoms. The molecule has 2 rings (SSSR count). The van der Waals surface area contributed by atoms with Crippen LogP contribution < -0.4 is 11.5 Å². The Morgan fingerprint density at radius 2 is 1.06 bits per heavy atom. The predicted octanol–water partition coefficient (Wildman–Crippen LogP) is 4.86. The van der Waals surface area contributed by atoms with Crippen LogP contribution in [-0.2, 0) is 21.6 Å². The first-order valence-corrected chi connectivity index (χ1v) is 12.8. The molecular weight excluding hydrogens is 416 g/mol. The van der Waals surface area contributed by atoms with Gasteiger partial charge in [-0.1, -0.05) is 73.5 Å². The monoisotopic (exact) mass is 454 g/mol. The molecule has 2 atom stereocenters. The highest BCUT2D eigenvalue weighted by atomic mass is 32.2. The maximum Gasteiger partial charge on any atom is 0.101 e. The minimum absolute atomic E-state index is 0.178. The van der Waals surface area contributed by atoms with Crippen LogP contribution in [0.15, 0.2) is 60.7 Å². The zero-order valence-electron chi connectivity index (χ0n) is 19.4. The van der Waals surface area contributed by atoms with E-state index in [0.717, 1.165) is 49.7 Å². The van der Waals surface area contributed by atoms with Gasteiger partial charge in [-0.15, -0.1) is 0 Å². The molecule has 5 nitrogen and oxygen atoms in total. The summed E-state index contributed by atoms with van der Waals surface area (Å²) in [4.78, 5) is 0. The summed E-state index contributed by atoms with van der Waals surface area (Å²) in [7, 11) is -0.857. The molecular formula is C26H38N4OS. The number of nitrogens with two attached hydrogens (primary N) is 2. The van der Waals surface area contributed by atoms with E-state index < -0.39 is 21.6 Å². The fourth-order valence-corrected chi connectivity index (χ4v) is 5.32. The predicted molar refractivity (Wildman–Crippen MR) is 137 cm³/mol. The largest absolute Gasteiger partial charge is 0.387 e.